The van der Waals surface area contributed by atoms with Gasteiger partial charge in [0.2, 0.25) is 0 Å². The highest BCUT2D eigenvalue weighted by atomic mass is 32.1. The minimum atomic E-state index is 0.454. The summed E-state index contributed by atoms with van der Waals surface area (Å²) in [6.45, 7) is 8.44. The lowest BCUT2D eigenvalue weighted by Gasteiger charge is -2.12. The van der Waals surface area contributed by atoms with Crippen LogP contribution in [-0.4, -0.2) is 27.3 Å². The van der Waals surface area contributed by atoms with Gasteiger partial charge in [-0.2, -0.15) is 5.10 Å². The van der Waals surface area contributed by atoms with Crippen LogP contribution >= 0.6 is 11.3 Å². The average molecular weight is 383 g/mol. The van der Waals surface area contributed by atoms with E-state index in [0.717, 1.165) is 34.5 Å². The first-order valence-electron chi connectivity index (χ1n) is 9.21. The number of nitrogens with one attached hydrogen (secondary N) is 2. The van der Waals surface area contributed by atoms with E-state index in [0.29, 0.717) is 19.0 Å². The Hall–Kier alpha value is -2.67. The number of hydrogen-bond acceptors (Lipinski definition) is 4. The normalized spacial score (nSPS) is 11.8. The van der Waals surface area contributed by atoms with Gasteiger partial charge in [-0.3, -0.25) is 0 Å². The Kier molecular flexibility index (Phi) is 6.59. The van der Waals surface area contributed by atoms with E-state index < -0.39 is 0 Å². The average Bonchev–Trinajstić information content (AvgIpc) is 3.36. The Labute approximate surface area is 164 Å². The lowest BCUT2D eigenvalue weighted by molar-refractivity contribution is 0.786. The maximum Gasteiger partial charge on any atom is 0.191 e. The van der Waals surface area contributed by atoms with E-state index in [-0.39, 0.29) is 0 Å². The van der Waals surface area contributed by atoms with E-state index in [1.165, 1.54) is 0 Å². The molecule has 2 heterocycles. The van der Waals surface area contributed by atoms with E-state index in [2.05, 4.69) is 59.0 Å². The van der Waals surface area contributed by atoms with Gasteiger partial charge in [0.25, 0.3) is 0 Å². The van der Waals surface area contributed by atoms with Gasteiger partial charge in [0, 0.05) is 24.3 Å². The fourth-order valence-corrected chi connectivity index (χ4v) is 3.51. The second-order valence-electron chi connectivity index (χ2n) is 6.45. The number of para-hydroxylation sites is 1. The second-order valence-corrected chi connectivity index (χ2v) is 7.39. The smallest absolute Gasteiger partial charge is 0.191 e. The standard InChI is InChI=1S/C20H26N6S/c1-4-21-20(23-13-19-25-17(14-27-19)15(2)3)22-12-16-8-5-6-9-18(16)26-11-7-10-24-26/h5-11,14-15H,4,12-13H2,1-3H3,(H2,21,22,23). The van der Waals surface area contributed by atoms with E-state index in [1.54, 1.807) is 17.5 Å². The summed E-state index contributed by atoms with van der Waals surface area (Å²) in [4.78, 5) is 9.41. The van der Waals surface area contributed by atoms with Gasteiger partial charge in [-0.25, -0.2) is 14.7 Å². The fraction of sp³-hybridized carbons (Fsp3) is 0.350. The van der Waals surface area contributed by atoms with Crippen LogP contribution in [0.1, 0.15) is 43.0 Å². The number of aliphatic imine (C=N–C) groups is 1. The quantitative estimate of drug-likeness (QED) is 0.483. The topological polar surface area (TPSA) is 67.1 Å². The molecule has 0 aliphatic carbocycles. The van der Waals surface area contributed by atoms with Gasteiger partial charge in [-0.1, -0.05) is 32.0 Å². The Morgan fingerprint density at radius 1 is 1.22 bits per heavy atom. The molecule has 0 radical (unpaired) electrons. The molecule has 0 aliphatic heterocycles. The van der Waals surface area contributed by atoms with Crippen LogP contribution in [0.5, 0.6) is 0 Å². The molecule has 1 aromatic carbocycles. The van der Waals surface area contributed by atoms with Crippen molar-refractivity contribution in [1.82, 2.24) is 25.4 Å². The Morgan fingerprint density at radius 2 is 2.07 bits per heavy atom. The predicted octanol–water partition coefficient (Wildman–Crippen LogP) is 3.71. The summed E-state index contributed by atoms with van der Waals surface area (Å²) in [5.74, 6) is 1.24. The Morgan fingerprint density at radius 3 is 2.78 bits per heavy atom. The third-order valence-electron chi connectivity index (χ3n) is 4.06. The highest BCUT2D eigenvalue weighted by molar-refractivity contribution is 7.09. The van der Waals surface area contributed by atoms with E-state index in [4.69, 9.17) is 4.99 Å². The van der Waals surface area contributed by atoms with Crippen molar-refractivity contribution in [1.29, 1.82) is 0 Å². The molecule has 142 valence electrons. The van der Waals surface area contributed by atoms with Gasteiger partial charge < -0.3 is 10.6 Å². The summed E-state index contributed by atoms with van der Waals surface area (Å²) in [6.07, 6.45) is 3.73. The van der Waals surface area contributed by atoms with Gasteiger partial charge in [0.1, 0.15) is 5.01 Å². The van der Waals surface area contributed by atoms with E-state index in [9.17, 15) is 0 Å². The Bertz CT molecular complexity index is 866. The molecule has 3 aromatic rings. The van der Waals surface area contributed by atoms with Crippen LogP contribution in [0.25, 0.3) is 5.69 Å². The molecule has 0 aliphatic rings. The fourth-order valence-electron chi connectivity index (χ4n) is 2.62. The Balaban J connectivity index is 1.69. The van der Waals surface area contributed by atoms with Crippen molar-refractivity contribution >= 4 is 17.3 Å². The number of thiazole rings is 1. The maximum atomic E-state index is 4.74. The van der Waals surface area contributed by atoms with E-state index >= 15 is 0 Å². The summed E-state index contributed by atoms with van der Waals surface area (Å²) in [5.41, 5.74) is 3.31. The monoisotopic (exact) mass is 382 g/mol. The largest absolute Gasteiger partial charge is 0.357 e. The number of benzene rings is 1. The molecule has 6 nitrogen and oxygen atoms in total. The lowest BCUT2D eigenvalue weighted by atomic mass is 10.2. The zero-order valence-electron chi connectivity index (χ0n) is 16.0. The summed E-state index contributed by atoms with van der Waals surface area (Å²) in [5, 5.41) is 14.2. The predicted molar refractivity (Wildman–Crippen MR) is 111 cm³/mol. The van der Waals surface area contributed by atoms with Crippen LogP contribution in [-0.2, 0) is 13.1 Å². The van der Waals surface area contributed by atoms with Crippen molar-refractivity contribution < 1.29 is 0 Å². The molecule has 7 heteroatoms. The summed E-state index contributed by atoms with van der Waals surface area (Å²) in [7, 11) is 0. The number of hydrogen-bond donors (Lipinski definition) is 2. The molecule has 2 aromatic heterocycles. The first-order chi connectivity index (χ1) is 13.2. The highest BCUT2D eigenvalue weighted by Crippen LogP contribution is 2.17. The molecule has 0 spiro atoms. The molecule has 3 rings (SSSR count). The van der Waals surface area contributed by atoms with Crippen LogP contribution in [0.3, 0.4) is 0 Å². The van der Waals surface area contributed by atoms with E-state index in [1.807, 2.05) is 29.1 Å². The third kappa shape index (κ3) is 5.17. The van der Waals surface area contributed by atoms with Crippen LogP contribution in [0.15, 0.2) is 53.1 Å². The van der Waals surface area contributed by atoms with Gasteiger partial charge >= 0.3 is 0 Å². The zero-order chi connectivity index (χ0) is 19.1. The van der Waals surface area contributed by atoms with Crippen molar-refractivity contribution in [2.45, 2.75) is 39.8 Å². The first-order valence-corrected chi connectivity index (χ1v) is 10.1. The van der Waals surface area contributed by atoms with Crippen LogP contribution in [0.2, 0.25) is 0 Å². The number of aromatic nitrogens is 3. The SMILES string of the molecule is CCNC(=NCc1ccccc1-n1cccn1)NCc1nc(C(C)C)cs1. The van der Waals surface area contributed by atoms with Crippen molar-refractivity contribution in [3.8, 4) is 5.69 Å². The summed E-state index contributed by atoms with van der Waals surface area (Å²) in [6, 6.07) is 10.1. The summed E-state index contributed by atoms with van der Waals surface area (Å²) >= 11 is 1.69. The number of guanidine groups is 1. The number of nitrogens with zero attached hydrogens (tertiary/aromatic N) is 4. The molecule has 0 unspecified atom stereocenters. The van der Waals surface area contributed by atoms with Crippen LogP contribution in [0.4, 0.5) is 0 Å². The molecular formula is C20H26N6S. The molecule has 0 amide bonds. The second kappa shape index (κ2) is 9.32. The molecule has 0 fully saturated rings. The zero-order valence-corrected chi connectivity index (χ0v) is 16.8. The van der Waals surface area contributed by atoms with Crippen LogP contribution in [0, 0.1) is 0 Å². The molecular weight excluding hydrogens is 356 g/mol. The van der Waals surface area contributed by atoms with Crippen molar-refractivity contribution in [2.75, 3.05) is 6.54 Å². The molecule has 0 atom stereocenters. The van der Waals surface area contributed by atoms with Gasteiger partial charge in [-0.15, -0.1) is 11.3 Å². The first kappa shape index (κ1) is 19.1. The van der Waals surface area contributed by atoms with Crippen molar-refractivity contribution in [3.63, 3.8) is 0 Å². The van der Waals surface area contributed by atoms with Gasteiger partial charge in [0.15, 0.2) is 5.96 Å². The number of rotatable bonds is 7. The third-order valence-corrected chi connectivity index (χ3v) is 4.93. The van der Waals surface area contributed by atoms with Crippen molar-refractivity contribution in [2.24, 2.45) is 4.99 Å². The lowest BCUT2D eigenvalue weighted by Crippen LogP contribution is -2.36. The minimum absolute atomic E-state index is 0.454. The molecule has 2 N–H and O–H groups in total. The molecule has 0 bridgehead atoms. The minimum Gasteiger partial charge on any atom is -0.357 e. The van der Waals surface area contributed by atoms with Gasteiger partial charge in [-0.05, 0) is 30.5 Å². The van der Waals surface area contributed by atoms with Crippen LogP contribution < -0.4 is 10.6 Å². The van der Waals surface area contributed by atoms with Crippen molar-refractivity contribution in [3.05, 3.63) is 64.4 Å². The maximum absolute atomic E-state index is 4.74. The highest BCUT2D eigenvalue weighted by Gasteiger charge is 2.07. The molecule has 0 saturated heterocycles. The molecule has 27 heavy (non-hydrogen) atoms. The molecule has 0 saturated carbocycles. The summed E-state index contributed by atoms with van der Waals surface area (Å²) < 4.78 is 1.87. The van der Waals surface area contributed by atoms with Gasteiger partial charge in [0.05, 0.1) is 24.5 Å².